The average molecular weight is 207 g/mol. The highest BCUT2D eigenvalue weighted by Crippen LogP contribution is 1.94. The Hall–Kier alpha value is -1.31. The first-order valence-corrected chi connectivity index (χ1v) is 5.38. The molecule has 0 rings (SSSR count). The van der Waals surface area contributed by atoms with E-state index in [0.29, 0.717) is 0 Å². The number of hydrogen-bond donors (Lipinski definition) is 0. The Labute approximate surface area is 93.0 Å². The molecule has 84 valence electrons. The molecule has 0 aliphatic heterocycles. The summed E-state index contributed by atoms with van der Waals surface area (Å²) in [5, 5.41) is 0. The van der Waals surface area contributed by atoms with Gasteiger partial charge in [-0.25, -0.2) is 0 Å². The maximum atomic E-state index is 11.1. The van der Waals surface area contributed by atoms with Gasteiger partial charge in [0.15, 0.2) is 0 Å². The van der Waals surface area contributed by atoms with Crippen LogP contribution >= 0.6 is 0 Å². The molecule has 0 heterocycles. The maximum Gasteiger partial charge on any atom is 0.246 e. The first-order chi connectivity index (χ1) is 7.18. The van der Waals surface area contributed by atoms with Crippen molar-refractivity contribution >= 4 is 5.91 Å². The molecule has 0 saturated heterocycles. The third kappa shape index (κ3) is 9.01. The minimum absolute atomic E-state index is 0.0190. The second-order valence-electron chi connectivity index (χ2n) is 3.48. The van der Waals surface area contributed by atoms with Crippen LogP contribution in [0.2, 0.25) is 0 Å². The lowest BCUT2D eigenvalue weighted by Gasteiger charge is -2.04. The van der Waals surface area contributed by atoms with E-state index in [2.05, 4.69) is 25.2 Å². The molecule has 2 nitrogen and oxygen atoms in total. The van der Waals surface area contributed by atoms with E-state index >= 15 is 0 Å². The maximum absolute atomic E-state index is 11.1. The van der Waals surface area contributed by atoms with Crippen molar-refractivity contribution in [2.45, 2.75) is 26.2 Å². The highest BCUT2D eigenvalue weighted by Gasteiger charge is 1.93. The Bertz CT molecular complexity index is 249. The van der Waals surface area contributed by atoms with Crippen molar-refractivity contribution in [3.8, 4) is 0 Å². The van der Waals surface area contributed by atoms with E-state index in [4.69, 9.17) is 0 Å². The molecule has 15 heavy (non-hydrogen) atoms. The minimum Gasteiger partial charge on any atom is -0.345 e. The molecular formula is C13H21NO. The first kappa shape index (κ1) is 13.7. The molecule has 0 N–H and O–H groups in total. The number of carbonyl (C=O) groups is 1. The van der Waals surface area contributed by atoms with Gasteiger partial charge in [-0.2, -0.15) is 0 Å². The molecule has 2 heteroatoms. The summed E-state index contributed by atoms with van der Waals surface area (Å²) in [5.74, 6) is 0.0190. The molecule has 0 aliphatic rings. The van der Waals surface area contributed by atoms with Crippen LogP contribution in [0.5, 0.6) is 0 Å². The predicted octanol–water partition coefficient (Wildman–Crippen LogP) is 2.93. The molecule has 0 bridgehead atoms. The number of amides is 1. The van der Waals surface area contributed by atoms with Gasteiger partial charge in [-0.1, -0.05) is 37.3 Å². The molecule has 0 saturated carbocycles. The number of carbonyl (C=O) groups excluding carboxylic acids is 1. The van der Waals surface area contributed by atoms with E-state index in [1.807, 2.05) is 6.08 Å². The second kappa shape index (κ2) is 9.25. The van der Waals surface area contributed by atoms with Crippen molar-refractivity contribution in [1.29, 1.82) is 0 Å². The number of likely N-dealkylation sites (N-methyl/N-ethyl adjacent to an activating group) is 1. The van der Waals surface area contributed by atoms with Gasteiger partial charge in [0.25, 0.3) is 0 Å². The lowest BCUT2D eigenvalue weighted by Crippen LogP contribution is -2.18. The molecule has 0 aromatic rings. The van der Waals surface area contributed by atoms with Crippen LogP contribution in [-0.4, -0.2) is 24.9 Å². The molecular weight excluding hydrogens is 186 g/mol. The number of hydrogen-bond acceptors (Lipinski definition) is 1. The van der Waals surface area contributed by atoms with Crippen LogP contribution in [0.4, 0.5) is 0 Å². The Morgan fingerprint density at radius 2 is 1.73 bits per heavy atom. The average Bonchev–Trinajstić information content (AvgIpc) is 2.21. The molecule has 0 radical (unpaired) electrons. The quantitative estimate of drug-likeness (QED) is 0.284. The van der Waals surface area contributed by atoms with Crippen LogP contribution in [0.3, 0.4) is 0 Å². The molecule has 0 fully saturated rings. The second-order valence-corrected chi connectivity index (χ2v) is 3.48. The van der Waals surface area contributed by atoms with Crippen LogP contribution < -0.4 is 0 Å². The lowest BCUT2D eigenvalue weighted by atomic mass is 10.2. The van der Waals surface area contributed by atoms with Gasteiger partial charge in [0.05, 0.1) is 0 Å². The molecule has 1 amide bonds. The fourth-order valence-corrected chi connectivity index (χ4v) is 0.939. The summed E-state index contributed by atoms with van der Waals surface area (Å²) in [7, 11) is 3.48. The van der Waals surface area contributed by atoms with E-state index in [0.717, 1.165) is 19.3 Å². The summed E-state index contributed by atoms with van der Waals surface area (Å²) < 4.78 is 0. The number of rotatable bonds is 6. The Kier molecular flexibility index (Phi) is 8.44. The zero-order chi connectivity index (χ0) is 11.5. The molecule has 0 aliphatic carbocycles. The van der Waals surface area contributed by atoms with Gasteiger partial charge in [-0.15, -0.1) is 0 Å². The van der Waals surface area contributed by atoms with Gasteiger partial charge >= 0.3 is 0 Å². The van der Waals surface area contributed by atoms with Crippen molar-refractivity contribution in [2.75, 3.05) is 14.1 Å². The zero-order valence-corrected chi connectivity index (χ0v) is 9.94. The van der Waals surface area contributed by atoms with Gasteiger partial charge in [0, 0.05) is 20.2 Å². The zero-order valence-electron chi connectivity index (χ0n) is 9.94. The van der Waals surface area contributed by atoms with Crippen molar-refractivity contribution < 1.29 is 4.79 Å². The number of unbranched alkanes of at least 4 members (excludes halogenated alkanes) is 1. The van der Waals surface area contributed by atoms with E-state index in [-0.39, 0.29) is 5.91 Å². The van der Waals surface area contributed by atoms with Crippen LogP contribution in [-0.2, 0) is 4.79 Å². The number of allylic oxidation sites excluding steroid dienone is 5. The van der Waals surface area contributed by atoms with Crippen LogP contribution in [0.1, 0.15) is 26.2 Å². The molecule has 0 atom stereocenters. The Morgan fingerprint density at radius 3 is 2.33 bits per heavy atom. The Balaban J connectivity index is 3.62. The summed E-state index contributed by atoms with van der Waals surface area (Å²) >= 11 is 0. The third-order valence-corrected chi connectivity index (χ3v) is 1.83. The topological polar surface area (TPSA) is 20.3 Å². The van der Waals surface area contributed by atoms with E-state index < -0.39 is 0 Å². The van der Waals surface area contributed by atoms with E-state index in [9.17, 15) is 4.79 Å². The van der Waals surface area contributed by atoms with Crippen LogP contribution in [0.15, 0.2) is 36.5 Å². The van der Waals surface area contributed by atoms with Gasteiger partial charge in [-0.3, -0.25) is 4.79 Å². The summed E-state index contributed by atoms with van der Waals surface area (Å²) in [6.07, 6.45) is 14.9. The van der Waals surface area contributed by atoms with Gasteiger partial charge in [0.1, 0.15) is 0 Å². The molecule has 0 unspecified atom stereocenters. The highest BCUT2D eigenvalue weighted by atomic mass is 16.2. The van der Waals surface area contributed by atoms with Gasteiger partial charge in [0.2, 0.25) is 5.91 Å². The fourth-order valence-electron chi connectivity index (χ4n) is 0.939. The van der Waals surface area contributed by atoms with Crippen LogP contribution in [0, 0.1) is 0 Å². The Morgan fingerprint density at radius 1 is 1.07 bits per heavy atom. The summed E-state index contributed by atoms with van der Waals surface area (Å²) in [5.41, 5.74) is 0. The van der Waals surface area contributed by atoms with Gasteiger partial charge in [-0.05, 0) is 19.3 Å². The van der Waals surface area contributed by atoms with Crippen molar-refractivity contribution in [1.82, 2.24) is 4.90 Å². The summed E-state index contributed by atoms with van der Waals surface area (Å²) in [4.78, 5) is 12.7. The standard InChI is InChI=1S/C13H21NO/c1-4-5-6-7-8-9-10-11-12-13(15)14(2)3/h5-6,9-12H,4,7-8H2,1-3H3/b6-5-,10-9+,12-11+. The van der Waals surface area contributed by atoms with E-state index in [1.54, 1.807) is 31.1 Å². The lowest BCUT2D eigenvalue weighted by molar-refractivity contribution is -0.123. The fraction of sp³-hybridized carbons (Fsp3) is 0.462. The molecule has 0 spiro atoms. The largest absolute Gasteiger partial charge is 0.345 e. The highest BCUT2D eigenvalue weighted by molar-refractivity contribution is 5.87. The summed E-state index contributed by atoms with van der Waals surface area (Å²) in [6, 6.07) is 0. The first-order valence-electron chi connectivity index (χ1n) is 5.38. The predicted molar refractivity (Wildman–Crippen MR) is 65.6 cm³/mol. The SMILES string of the molecule is CC/C=C\CC/C=C/C=C/C(=O)N(C)C. The smallest absolute Gasteiger partial charge is 0.246 e. The van der Waals surface area contributed by atoms with Gasteiger partial charge < -0.3 is 4.90 Å². The normalized spacial score (nSPS) is 11.9. The van der Waals surface area contributed by atoms with Crippen LogP contribution in [0.25, 0.3) is 0 Å². The molecule has 0 aromatic heterocycles. The van der Waals surface area contributed by atoms with Crippen molar-refractivity contribution in [3.05, 3.63) is 36.5 Å². The van der Waals surface area contributed by atoms with Crippen molar-refractivity contribution in [3.63, 3.8) is 0 Å². The summed E-state index contributed by atoms with van der Waals surface area (Å²) in [6.45, 7) is 2.13. The molecule has 0 aromatic carbocycles. The van der Waals surface area contributed by atoms with E-state index in [1.165, 1.54) is 0 Å². The van der Waals surface area contributed by atoms with Crippen molar-refractivity contribution in [2.24, 2.45) is 0 Å². The minimum atomic E-state index is 0.0190. The third-order valence-electron chi connectivity index (χ3n) is 1.83. The monoisotopic (exact) mass is 207 g/mol. The number of nitrogens with zero attached hydrogens (tertiary/aromatic N) is 1.